The Bertz CT molecular complexity index is 1200. The van der Waals surface area contributed by atoms with Gasteiger partial charge in [-0.25, -0.2) is 9.97 Å². The monoisotopic (exact) mass is 415 g/mol. The second-order valence-corrected chi connectivity index (χ2v) is 8.03. The van der Waals surface area contributed by atoms with Crippen molar-refractivity contribution >= 4 is 28.6 Å². The molecular formula is C23H25N7O. The fourth-order valence-corrected chi connectivity index (χ4v) is 4.17. The number of likely N-dealkylation sites (tertiary alicyclic amines) is 1. The van der Waals surface area contributed by atoms with Gasteiger partial charge >= 0.3 is 0 Å². The molecule has 31 heavy (non-hydrogen) atoms. The van der Waals surface area contributed by atoms with Crippen LogP contribution in [0.4, 0.5) is 11.6 Å². The molecule has 0 unspecified atom stereocenters. The van der Waals surface area contributed by atoms with E-state index < -0.39 is 0 Å². The molecule has 2 N–H and O–H groups in total. The van der Waals surface area contributed by atoms with Crippen molar-refractivity contribution in [3.05, 3.63) is 66.2 Å². The van der Waals surface area contributed by atoms with Crippen LogP contribution in [0.15, 0.2) is 54.9 Å². The molecule has 4 aromatic rings. The number of benzene rings is 1. The molecule has 1 amide bonds. The third-order valence-corrected chi connectivity index (χ3v) is 5.83. The molecule has 5 rings (SSSR count). The lowest BCUT2D eigenvalue weighted by Crippen LogP contribution is -2.39. The number of hydrogen-bond donors (Lipinski definition) is 2. The molecule has 0 bridgehead atoms. The minimum Gasteiger partial charge on any atom is -0.341 e. The third kappa shape index (κ3) is 4.14. The summed E-state index contributed by atoms with van der Waals surface area (Å²) in [6, 6.07) is 15.9. The predicted molar refractivity (Wildman–Crippen MR) is 119 cm³/mol. The number of rotatable bonds is 5. The highest BCUT2D eigenvalue weighted by Crippen LogP contribution is 2.28. The van der Waals surface area contributed by atoms with Crippen LogP contribution in [0.3, 0.4) is 0 Å². The van der Waals surface area contributed by atoms with Crippen LogP contribution in [-0.2, 0) is 11.3 Å². The molecular weight excluding hydrogens is 390 g/mol. The number of aromatic nitrogens is 5. The molecule has 0 aliphatic carbocycles. The fraction of sp³-hybridized carbons (Fsp3) is 0.304. The maximum Gasteiger partial charge on any atom is 0.242 e. The van der Waals surface area contributed by atoms with Crippen LogP contribution in [0.25, 0.3) is 11.0 Å². The molecule has 0 spiro atoms. The standard InChI is InChI=1S/C23H25N7O/c1-16-13-22(28-27-16)26-21-8-4-6-18(25-21)17-9-11-29(12-10-17)23(31)14-30-15-24-19-5-2-3-7-20(19)30/h2-8,13,15,17H,9-12,14H2,1H3,(H2,25,26,27,28). The Balaban J connectivity index is 1.20. The summed E-state index contributed by atoms with van der Waals surface area (Å²) in [5.74, 6) is 2.03. The number of amides is 1. The maximum absolute atomic E-state index is 12.9. The van der Waals surface area contributed by atoms with E-state index in [4.69, 9.17) is 4.98 Å². The highest BCUT2D eigenvalue weighted by Gasteiger charge is 2.25. The van der Waals surface area contributed by atoms with Gasteiger partial charge in [0.25, 0.3) is 0 Å². The number of fused-ring (bicyclic) bond motifs is 1. The largest absolute Gasteiger partial charge is 0.341 e. The first-order valence-electron chi connectivity index (χ1n) is 10.6. The number of aryl methyl sites for hydroxylation is 1. The van der Waals surface area contributed by atoms with Gasteiger partial charge in [0.05, 0.1) is 17.4 Å². The summed E-state index contributed by atoms with van der Waals surface area (Å²) in [5.41, 5.74) is 3.97. The number of aromatic amines is 1. The molecule has 1 aliphatic rings. The predicted octanol–water partition coefficient (Wildman–Crippen LogP) is 3.61. The Hall–Kier alpha value is -3.68. The highest BCUT2D eigenvalue weighted by molar-refractivity contribution is 5.80. The number of nitrogens with zero attached hydrogens (tertiary/aromatic N) is 5. The van der Waals surface area contributed by atoms with Gasteiger partial charge in [-0.05, 0) is 44.0 Å². The van der Waals surface area contributed by atoms with Crippen LogP contribution in [-0.4, -0.2) is 48.6 Å². The van der Waals surface area contributed by atoms with Gasteiger partial charge in [0.2, 0.25) is 5.91 Å². The van der Waals surface area contributed by atoms with Crippen LogP contribution in [0.2, 0.25) is 0 Å². The minimum absolute atomic E-state index is 0.138. The van der Waals surface area contributed by atoms with Gasteiger partial charge in [-0.1, -0.05) is 18.2 Å². The molecule has 4 heterocycles. The number of nitrogens with one attached hydrogen (secondary N) is 2. The van der Waals surface area contributed by atoms with Crippen LogP contribution in [0.5, 0.6) is 0 Å². The van der Waals surface area contributed by atoms with E-state index in [1.54, 1.807) is 6.33 Å². The average molecular weight is 416 g/mol. The van der Waals surface area contributed by atoms with E-state index in [0.29, 0.717) is 12.5 Å². The maximum atomic E-state index is 12.9. The van der Waals surface area contributed by atoms with E-state index in [9.17, 15) is 4.79 Å². The third-order valence-electron chi connectivity index (χ3n) is 5.83. The number of carbonyl (C=O) groups is 1. The first-order valence-corrected chi connectivity index (χ1v) is 10.6. The second-order valence-electron chi connectivity index (χ2n) is 8.03. The van der Waals surface area contributed by atoms with Crippen molar-refractivity contribution < 1.29 is 4.79 Å². The highest BCUT2D eigenvalue weighted by atomic mass is 16.2. The summed E-state index contributed by atoms with van der Waals surface area (Å²) in [4.78, 5) is 24.0. The molecule has 8 nitrogen and oxygen atoms in total. The van der Waals surface area contributed by atoms with Crippen LogP contribution in [0, 0.1) is 6.92 Å². The lowest BCUT2D eigenvalue weighted by atomic mass is 9.93. The smallest absolute Gasteiger partial charge is 0.242 e. The van der Waals surface area contributed by atoms with Crippen molar-refractivity contribution in [2.45, 2.75) is 32.2 Å². The number of carbonyl (C=O) groups excluding carboxylic acids is 1. The first-order chi connectivity index (χ1) is 15.2. The number of pyridine rings is 1. The summed E-state index contributed by atoms with van der Waals surface area (Å²) >= 11 is 0. The lowest BCUT2D eigenvalue weighted by Gasteiger charge is -2.32. The topological polar surface area (TPSA) is 91.7 Å². The van der Waals surface area contributed by atoms with Gasteiger partial charge in [0.1, 0.15) is 12.4 Å². The quantitative estimate of drug-likeness (QED) is 0.520. The van der Waals surface area contributed by atoms with Gasteiger partial charge < -0.3 is 14.8 Å². The van der Waals surface area contributed by atoms with Gasteiger partial charge in [-0.3, -0.25) is 9.89 Å². The molecule has 1 aliphatic heterocycles. The van der Waals surface area contributed by atoms with Gasteiger partial charge in [0.15, 0.2) is 5.82 Å². The van der Waals surface area contributed by atoms with Gasteiger partial charge in [0, 0.05) is 36.5 Å². The number of para-hydroxylation sites is 2. The normalized spacial score (nSPS) is 14.8. The first kappa shape index (κ1) is 19.3. The number of piperidine rings is 1. The van der Waals surface area contributed by atoms with E-state index in [0.717, 1.165) is 60.0 Å². The number of imidazole rings is 1. The Labute approximate surface area is 180 Å². The Morgan fingerprint density at radius 1 is 1.13 bits per heavy atom. The summed E-state index contributed by atoms with van der Waals surface area (Å²) in [7, 11) is 0. The molecule has 0 radical (unpaired) electrons. The summed E-state index contributed by atoms with van der Waals surface area (Å²) < 4.78 is 1.93. The SMILES string of the molecule is Cc1cc(Nc2cccc(C3CCN(C(=O)Cn4cnc5ccccc54)CC3)n2)n[nH]1. The molecule has 158 valence electrons. The van der Waals surface area contributed by atoms with Crippen LogP contribution in [0.1, 0.15) is 30.1 Å². The van der Waals surface area contributed by atoms with E-state index >= 15 is 0 Å². The number of hydrogen-bond acceptors (Lipinski definition) is 5. The van der Waals surface area contributed by atoms with Crippen molar-refractivity contribution in [1.29, 1.82) is 0 Å². The van der Waals surface area contributed by atoms with Crippen LogP contribution >= 0.6 is 0 Å². The molecule has 0 saturated carbocycles. The van der Waals surface area contributed by atoms with E-state index in [-0.39, 0.29) is 5.91 Å². The van der Waals surface area contributed by atoms with Crippen molar-refractivity contribution in [3.8, 4) is 0 Å². The number of H-pyrrole nitrogens is 1. The summed E-state index contributed by atoms with van der Waals surface area (Å²) in [6.07, 6.45) is 3.57. The zero-order valence-corrected chi connectivity index (χ0v) is 17.5. The van der Waals surface area contributed by atoms with Gasteiger partial charge in [-0.15, -0.1) is 0 Å². The van der Waals surface area contributed by atoms with Crippen LogP contribution < -0.4 is 5.32 Å². The second kappa shape index (κ2) is 8.22. The Kier molecular flexibility index (Phi) is 5.11. The molecule has 1 saturated heterocycles. The summed E-state index contributed by atoms with van der Waals surface area (Å²) in [5, 5.41) is 10.4. The Morgan fingerprint density at radius 2 is 1.97 bits per heavy atom. The summed E-state index contributed by atoms with van der Waals surface area (Å²) in [6.45, 7) is 3.78. The molecule has 8 heteroatoms. The number of anilines is 2. The molecule has 1 fully saturated rings. The Morgan fingerprint density at radius 3 is 2.77 bits per heavy atom. The van der Waals surface area contributed by atoms with Crippen molar-refractivity contribution in [2.75, 3.05) is 18.4 Å². The van der Waals surface area contributed by atoms with E-state index in [1.165, 1.54) is 0 Å². The fourth-order valence-electron chi connectivity index (χ4n) is 4.17. The minimum atomic E-state index is 0.138. The van der Waals surface area contributed by atoms with Crippen molar-refractivity contribution in [1.82, 2.24) is 29.6 Å². The lowest BCUT2D eigenvalue weighted by molar-refractivity contribution is -0.132. The van der Waals surface area contributed by atoms with Gasteiger partial charge in [-0.2, -0.15) is 5.10 Å². The van der Waals surface area contributed by atoms with E-state index in [2.05, 4.69) is 26.6 Å². The molecule has 1 aromatic carbocycles. The molecule has 0 atom stereocenters. The van der Waals surface area contributed by atoms with E-state index in [1.807, 2.05) is 58.9 Å². The zero-order chi connectivity index (χ0) is 21.2. The van der Waals surface area contributed by atoms with Crippen molar-refractivity contribution in [3.63, 3.8) is 0 Å². The van der Waals surface area contributed by atoms with Crippen molar-refractivity contribution in [2.24, 2.45) is 0 Å². The zero-order valence-electron chi connectivity index (χ0n) is 17.5. The average Bonchev–Trinajstić information content (AvgIpc) is 3.40. The molecule has 3 aromatic heterocycles.